The lowest BCUT2D eigenvalue weighted by molar-refractivity contribution is -0.198. The molecule has 2 aliphatic heterocycles. The molecule has 10 N–H and O–H groups in total. The first-order valence-electron chi connectivity index (χ1n) is 33.0. The van der Waals surface area contributed by atoms with E-state index in [9.17, 15) is 78.3 Å². The Hall–Kier alpha value is -7.93. The fraction of sp³-hybridized carbons (Fsp3) is 0.632. The number of rotatable bonds is 34. The van der Waals surface area contributed by atoms with Crippen molar-refractivity contribution < 1.29 is 97.2 Å². The summed E-state index contributed by atoms with van der Waals surface area (Å²) in [5, 5.41) is 65.2. The van der Waals surface area contributed by atoms with E-state index in [0.29, 0.717) is 41.8 Å². The van der Waals surface area contributed by atoms with Gasteiger partial charge in [-0.15, -0.1) is 0 Å². The number of carboxylic acid groups (broad SMARTS) is 1. The maximum atomic E-state index is 14.9. The third-order valence-electron chi connectivity index (χ3n) is 18.5. The third kappa shape index (κ3) is 20.6. The van der Waals surface area contributed by atoms with Gasteiger partial charge in [-0.05, 0) is 73.1 Å². The summed E-state index contributed by atoms with van der Waals surface area (Å²) in [6.45, 7) is 16.1. The molecule has 2 aromatic carbocycles. The number of nitrogens with one attached hydrogen (secondary N) is 5. The molecule has 29 heteroatoms. The van der Waals surface area contributed by atoms with Crippen LogP contribution in [-0.2, 0) is 73.5 Å². The Labute approximate surface area is 566 Å². The van der Waals surface area contributed by atoms with E-state index in [2.05, 4.69) is 26.6 Å². The molecule has 0 spiro atoms. The van der Waals surface area contributed by atoms with Gasteiger partial charge in [0.25, 0.3) is 11.8 Å². The zero-order valence-electron chi connectivity index (χ0n) is 57.9. The summed E-state index contributed by atoms with van der Waals surface area (Å²) in [6, 6.07) is 7.89. The van der Waals surface area contributed by atoms with Crippen molar-refractivity contribution in [1.82, 2.24) is 40.9 Å². The van der Waals surface area contributed by atoms with Crippen LogP contribution < -0.4 is 26.6 Å². The van der Waals surface area contributed by atoms with Gasteiger partial charge in [0.05, 0.1) is 67.4 Å². The van der Waals surface area contributed by atoms with Crippen molar-refractivity contribution in [2.75, 3.05) is 53.3 Å². The molecule has 97 heavy (non-hydrogen) atoms. The molecular weight excluding hydrogens is 1260 g/mol. The molecule has 29 nitrogen and oxygen atoms in total. The maximum Gasteiger partial charge on any atom is 0.410 e. The summed E-state index contributed by atoms with van der Waals surface area (Å²) in [5.41, 5.74) is 1.31. The highest BCUT2D eigenvalue weighted by Gasteiger charge is 2.49. The van der Waals surface area contributed by atoms with E-state index in [4.69, 9.17) is 18.9 Å². The second-order valence-electron chi connectivity index (χ2n) is 26.4. The largest absolute Gasteiger partial charge is 0.481 e. The summed E-state index contributed by atoms with van der Waals surface area (Å²) >= 11 is 0. The van der Waals surface area contributed by atoms with Gasteiger partial charge >= 0.3 is 12.1 Å². The van der Waals surface area contributed by atoms with Crippen LogP contribution in [-0.4, -0.2) is 237 Å². The van der Waals surface area contributed by atoms with Crippen LogP contribution >= 0.6 is 0 Å². The number of aliphatic hydroxyl groups excluding tert-OH is 4. The minimum absolute atomic E-state index is 0.166. The predicted molar refractivity (Wildman–Crippen MR) is 352 cm³/mol. The van der Waals surface area contributed by atoms with E-state index in [1.807, 2.05) is 13.8 Å². The number of likely N-dealkylation sites (N-methyl/N-ethyl adjacent to an activating group) is 2. The van der Waals surface area contributed by atoms with Gasteiger partial charge in [-0.2, -0.15) is 0 Å². The lowest BCUT2D eigenvalue weighted by Gasteiger charge is -2.41. The molecule has 17 atom stereocenters. The van der Waals surface area contributed by atoms with Crippen molar-refractivity contribution in [1.29, 1.82) is 0 Å². The number of carbonyl (C=O) groups is 11. The first kappa shape index (κ1) is 79.8. The summed E-state index contributed by atoms with van der Waals surface area (Å²) in [4.78, 5) is 152. The van der Waals surface area contributed by atoms with E-state index in [1.54, 1.807) is 110 Å². The number of imide groups is 1. The topological polar surface area (TPSA) is 399 Å². The Morgan fingerprint density at radius 3 is 1.87 bits per heavy atom. The highest BCUT2D eigenvalue weighted by molar-refractivity contribution is 6.14. The van der Waals surface area contributed by atoms with Gasteiger partial charge in [0.1, 0.15) is 55.6 Å². The molecule has 0 unspecified atom stereocenters. The highest BCUT2D eigenvalue weighted by Crippen LogP contribution is 2.35. The molecule has 10 amide bonds. The lowest BCUT2D eigenvalue weighted by Crippen LogP contribution is -2.60. The molecule has 0 bridgehead atoms. The van der Waals surface area contributed by atoms with E-state index in [-0.39, 0.29) is 37.0 Å². The number of nitrogens with zero attached hydrogens (tertiary/aromatic N) is 4. The number of ether oxygens (including phenoxy) is 4. The van der Waals surface area contributed by atoms with E-state index in [1.165, 1.54) is 38.3 Å². The molecule has 2 heterocycles. The molecule has 0 radical (unpaired) electrons. The van der Waals surface area contributed by atoms with Crippen molar-refractivity contribution in [2.45, 2.75) is 193 Å². The van der Waals surface area contributed by atoms with Crippen molar-refractivity contribution in [3.05, 3.63) is 77.9 Å². The van der Waals surface area contributed by atoms with Crippen LogP contribution in [0.25, 0.3) is 0 Å². The van der Waals surface area contributed by atoms with E-state index < -0.39 is 187 Å². The number of carboxylic acids is 1. The fourth-order valence-corrected chi connectivity index (χ4v) is 12.7. The number of hydrogen-bond acceptors (Lipinski definition) is 19. The van der Waals surface area contributed by atoms with Crippen molar-refractivity contribution >= 4 is 70.9 Å². The van der Waals surface area contributed by atoms with Crippen molar-refractivity contribution in [3.63, 3.8) is 0 Å². The Morgan fingerprint density at radius 1 is 0.701 bits per heavy atom. The minimum Gasteiger partial charge on any atom is -0.481 e. The smallest absolute Gasteiger partial charge is 0.410 e. The quantitative estimate of drug-likeness (QED) is 0.0445. The number of amides is 10. The SMILES string of the molecule is CC[C@H](C)[C@@H]([C@@H](CC(=O)N1CCC[C@H]1[C@H](OC)[C@@H](C)C(=O)N[C@H](C)[C@@H](O[C@@H]1C[C@H](C(=O)O)[C@@H](O)[C@H](O)[C@H]1O)c1ccccc1)OC)N(C)C(=O)[C@@H](NC(=O)[C@H](C(C)C)N(C)C(=O)OCc1ccc(NC(=O)[C@H](CO)NC(=O)[C@@H](NC(=O)CN2C(=O)C=CC2=O)C(C)C)cc1)C(C)C. The number of benzene rings is 2. The molecule has 0 aromatic heterocycles. The van der Waals surface area contributed by atoms with Gasteiger partial charge in [-0.1, -0.05) is 111 Å². The summed E-state index contributed by atoms with van der Waals surface area (Å²) in [7, 11) is 5.91. The first-order valence-corrected chi connectivity index (χ1v) is 33.0. The number of carbonyl (C=O) groups excluding carboxylic acids is 10. The summed E-state index contributed by atoms with van der Waals surface area (Å²) in [6.07, 6.45) is -6.66. The number of aliphatic carboxylic acids is 1. The Balaban J connectivity index is 1.19. The Kier molecular flexibility index (Phi) is 30.1. The van der Waals surface area contributed by atoms with Crippen LogP contribution in [0.15, 0.2) is 66.7 Å². The molecule has 3 aliphatic rings. The van der Waals surface area contributed by atoms with Gasteiger partial charge in [0, 0.05) is 52.7 Å². The summed E-state index contributed by atoms with van der Waals surface area (Å²) in [5.74, 6) is -11.0. The van der Waals surface area contributed by atoms with Crippen LogP contribution in [0.1, 0.15) is 119 Å². The third-order valence-corrected chi connectivity index (χ3v) is 18.5. The molecule has 1 saturated heterocycles. The van der Waals surface area contributed by atoms with Crippen molar-refractivity contribution in [2.24, 2.45) is 35.5 Å². The molecule has 5 rings (SSSR count). The van der Waals surface area contributed by atoms with Crippen LogP contribution in [0.2, 0.25) is 0 Å². The number of likely N-dealkylation sites (tertiary alicyclic amines) is 1. The van der Waals surface area contributed by atoms with Gasteiger partial charge in [-0.25, -0.2) is 4.79 Å². The molecule has 2 fully saturated rings. The van der Waals surface area contributed by atoms with Crippen molar-refractivity contribution in [3.8, 4) is 0 Å². The average Bonchev–Trinajstić information content (AvgIpc) is 1.46. The second kappa shape index (κ2) is 36.6. The zero-order valence-corrected chi connectivity index (χ0v) is 57.9. The standard InChI is InChI=1S/C68H101N9O20/c1-15-38(8)56(47(94-13)31-52(82)76-29-19-22-46(76)60(95-14)39(9)62(86)69-40(10)61(42-20-17-16-18-21-42)97-48-30-44(67(91)92)57(83)59(85)58(48)84)74(11)66(90)54(36(4)5)73-65(89)55(37(6)7)75(12)68(93)96-34-41-23-25-43(26-24-41)70-63(87)45(33-78)71-64(88)53(35(2)3)72-49(79)32-77-50(80)27-28-51(77)81/h16-18,20-21,23-28,35-40,44-48,53-61,78,83-85H,15,19,22,29-34H2,1-14H3,(H,69,86)(H,70,87)(H,71,88)(H,72,79)(H,73,89)(H,91,92)/t38-,39+,40+,44-,45-,46-,47+,48+,53-,54-,55-,56-,57+,58-,59-,60+,61+/m0/s1. The number of methoxy groups -OCH3 is 2. The van der Waals surface area contributed by atoms with Gasteiger partial charge in [0.2, 0.25) is 41.4 Å². The van der Waals surface area contributed by atoms with Gasteiger partial charge in [-0.3, -0.25) is 57.7 Å². The van der Waals surface area contributed by atoms with E-state index in [0.717, 1.165) is 17.1 Å². The number of aliphatic hydroxyl groups is 4. The molecule has 1 saturated carbocycles. The molecular formula is C68H101N9O20. The minimum atomic E-state index is -1.80. The fourth-order valence-electron chi connectivity index (χ4n) is 12.7. The zero-order chi connectivity index (χ0) is 72.4. The lowest BCUT2D eigenvalue weighted by atomic mass is 9.80. The molecule has 538 valence electrons. The van der Waals surface area contributed by atoms with Crippen LogP contribution in [0.3, 0.4) is 0 Å². The van der Waals surface area contributed by atoms with Crippen LogP contribution in [0.4, 0.5) is 10.5 Å². The Bertz CT molecular complexity index is 3060. The molecule has 2 aromatic rings. The van der Waals surface area contributed by atoms with Crippen LogP contribution in [0.5, 0.6) is 0 Å². The number of anilines is 1. The first-order chi connectivity index (χ1) is 45.7. The van der Waals surface area contributed by atoms with Crippen LogP contribution in [0, 0.1) is 35.5 Å². The monoisotopic (exact) mass is 1360 g/mol. The highest BCUT2D eigenvalue weighted by atomic mass is 16.6. The normalized spacial score (nSPS) is 22.1. The molecule has 1 aliphatic carbocycles. The van der Waals surface area contributed by atoms with Gasteiger partial charge in [0.15, 0.2) is 0 Å². The average molecular weight is 1360 g/mol. The second-order valence-corrected chi connectivity index (χ2v) is 26.4. The van der Waals surface area contributed by atoms with E-state index >= 15 is 0 Å². The Morgan fingerprint density at radius 2 is 1.32 bits per heavy atom. The number of hydrogen-bond donors (Lipinski definition) is 10. The van der Waals surface area contributed by atoms with Gasteiger partial charge < -0.3 is 80.9 Å². The maximum absolute atomic E-state index is 14.9. The summed E-state index contributed by atoms with van der Waals surface area (Å²) < 4.78 is 24.1. The predicted octanol–water partition coefficient (Wildman–Crippen LogP) is 1.64.